The molecule has 5 heteroatoms. The first-order chi connectivity index (χ1) is 8.16. The minimum absolute atomic E-state index is 0.198. The molecule has 17 heavy (non-hydrogen) atoms. The van der Waals surface area contributed by atoms with Gasteiger partial charge < -0.3 is 0 Å². The summed E-state index contributed by atoms with van der Waals surface area (Å²) in [5.74, 6) is 0. The molecule has 0 spiro atoms. The molecule has 2 rings (SSSR count). The van der Waals surface area contributed by atoms with E-state index in [0.29, 0.717) is 5.69 Å². The number of aromatic nitrogens is 2. The van der Waals surface area contributed by atoms with Crippen LogP contribution in [0.2, 0.25) is 0 Å². The summed E-state index contributed by atoms with van der Waals surface area (Å²) in [6, 6.07) is 9.51. The third kappa shape index (κ3) is 2.69. The number of nitrogens with zero attached hydrogens (tertiary/aromatic N) is 3. The van der Waals surface area contributed by atoms with Crippen LogP contribution in [0.5, 0.6) is 0 Å². The minimum Gasteiger partial charge on any atom is -0.288 e. The summed E-state index contributed by atoms with van der Waals surface area (Å²) < 4.78 is 1.71. The van der Waals surface area contributed by atoms with E-state index in [0.717, 1.165) is 5.69 Å². The van der Waals surface area contributed by atoms with E-state index in [1.54, 1.807) is 10.9 Å². The Morgan fingerprint density at radius 1 is 1.18 bits per heavy atom. The zero-order valence-corrected chi connectivity index (χ0v) is 9.79. The Hall–Kier alpha value is -2.17. The van der Waals surface area contributed by atoms with E-state index >= 15 is 0 Å². The van der Waals surface area contributed by atoms with Crippen molar-refractivity contribution in [1.29, 1.82) is 0 Å². The zero-order chi connectivity index (χ0) is 12.3. The maximum atomic E-state index is 11.5. The molecule has 0 saturated carbocycles. The fourth-order valence-corrected chi connectivity index (χ4v) is 1.35. The first kappa shape index (κ1) is 11.3. The van der Waals surface area contributed by atoms with Crippen molar-refractivity contribution in [2.45, 2.75) is 19.9 Å². The highest BCUT2D eigenvalue weighted by molar-refractivity contribution is 5.37. The lowest BCUT2D eigenvalue weighted by atomic mass is 10.3. The van der Waals surface area contributed by atoms with Gasteiger partial charge in [0.2, 0.25) is 0 Å². The molecule has 0 saturated heterocycles. The lowest BCUT2D eigenvalue weighted by molar-refractivity contribution is 0.528. The molecule has 2 aromatic rings. The second-order valence-electron chi connectivity index (χ2n) is 3.99. The van der Waals surface area contributed by atoms with Crippen molar-refractivity contribution in [3.8, 4) is 0 Å². The van der Waals surface area contributed by atoms with E-state index in [1.165, 1.54) is 0 Å². The molecular weight excluding hydrogens is 216 g/mol. The Morgan fingerprint density at radius 3 is 2.47 bits per heavy atom. The molecule has 0 aliphatic carbocycles. The fraction of sp³-hybridized carbons (Fsp3) is 0.250. The number of azo groups is 1. The third-order valence-corrected chi connectivity index (χ3v) is 2.31. The molecule has 1 heterocycles. The van der Waals surface area contributed by atoms with Crippen molar-refractivity contribution in [3.05, 3.63) is 46.9 Å². The topological polar surface area (TPSA) is 62.5 Å². The highest BCUT2D eigenvalue weighted by Crippen LogP contribution is 2.15. The molecule has 0 aliphatic rings. The Bertz CT molecular complexity index is 566. The molecule has 0 atom stereocenters. The molecule has 1 aromatic carbocycles. The van der Waals surface area contributed by atoms with Gasteiger partial charge in [-0.1, -0.05) is 18.2 Å². The molecule has 5 nitrogen and oxygen atoms in total. The lowest BCUT2D eigenvalue weighted by Crippen LogP contribution is -2.07. The van der Waals surface area contributed by atoms with E-state index in [1.807, 2.05) is 44.2 Å². The zero-order valence-electron chi connectivity index (χ0n) is 9.79. The first-order valence-corrected chi connectivity index (χ1v) is 5.45. The summed E-state index contributed by atoms with van der Waals surface area (Å²) in [6.45, 7) is 3.96. The average Bonchev–Trinajstić information content (AvgIpc) is 2.70. The van der Waals surface area contributed by atoms with Crippen molar-refractivity contribution in [2.75, 3.05) is 0 Å². The number of benzene rings is 1. The smallest absolute Gasteiger partial charge is 0.288 e. The Labute approximate surface area is 98.8 Å². The minimum atomic E-state index is -0.224. The van der Waals surface area contributed by atoms with Crippen LogP contribution in [0.1, 0.15) is 19.9 Å². The van der Waals surface area contributed by atoms with Crippen LogP contribution in [-0.2, 0) is 0 Å². The molecule has 0 fully saturated rings. The SMILES string of the molecule is CC(C)n1cc(N=Nc2ccccc2)c(=O)[nH]1. The number of hydrogen-bond donors (Lipinski definition) is 1. The fourth-order valence-electron chi connectivity index (χ4n) is 1.35. The van der Waals surface area contributed by atoms with Crippen LogP contribution < -0.4 is 5.56 Å². The van der Waals surface area contributed by atoms with Gasteiger partial charge in [0.05, 0.1) is 11.9 Å². The number of rotatable bonds is 3. The van der Waals surface area contributed by atoms with Crippen LogP contribution >= 0.6 is 0 Å². The number of hydrogen-bond acceptors (Lipinski definition) is 3. The molecule has 88 valence electrons. The second-order valence-corrected chi connectivity index (χ2v) is 3.99. The molecule has 0 unspecified atom stereocenters. The van der Waals surface area contributed by atoms with Crippen molar-refractivity contribution >= 4 is 11.4 Å². The maximum absolute atomic E-state index is 11.5. The van der Waals surface area contributed by atoms with E-state index in [2.05, 4.69) is 15.3 Å². The van der Waals surface area contributed by atoms with Gasteiger partial charge in [0.25, 0.3) is 5.56 Å². The van der Waals surface area contributed by atoms with Gasteiger partial charge in [-0.2, -0.15) is 5.11 Å². The standard InChI is InChI=1S/C12H14N4O/c1-9(2)16-8-11(12(17)15-16)14-13-10-6-4-3-5-7-10/h3-9H,1-2H3,(H,15,17). The molecule has 0 radical (unpaired) electrons. The molecular formula is C12H14N4O. The predicted octanol–water partition coefficient (Wildman–Crippen LogP) is 3.17. The summed E-state index contributed by atoms with van der Waals surface area (Å²) in [5.41, 5.74) is 0.824. The Balaban J connectivity index is 2.25. The molecule has 1 N–H and O–H groups in total. The largest absolute Gasteiger partial charge is 0.291 e. The van der Waals surface area contributed by atoms with Gasteiger partial charge in [-0.15, -0.1) is 5.11 Å². The average molecular weight is 230 g/mol. The van der Waals surface area contributed by atoms with Crippen LogP contribution in [0.25, 0.3) is 0 Å². The summed E-state index contributed by atoms with van der Waals surface area (Å²) in [5, 5.41) is 10.6. The van der Waals surface area contributed by atoms with Gasteiger partial charge in [0.1, 0.15) is 0 Å². The van der Waals surface area contributed by atoms with Gasteiger partial charge in [0.15, 0.2) is 5.69 Å². The van der Waals surface area contributed by atoms with Crippen molar-refractivity contribution in [2.24, 2.45) is 10.2 Å². The summed E-state index contributed by atoms with van der Waals surface area (Å²) in [6.07, 6.45) is 1.67. The van der Waals surface area contributed by atoms with Gasteiger partial charge in [-0.05, 0) is 26.0 Å². The predicted molar refractivity (Wildman–Crippen MR) is 66.1 cm³/mol. The van der Waals surface area contributed by atoms with Crippen LogP contribution in [0.4, 0.5) is 11.4 Å². The maximum Gasteiger partial charge on any atom is 0.291 e. The highest BCUT2D eigenvalue weighted by atomic mass is 16.1. The monoisotopic (exact) mass is 230 g/mol. The first-order valence-electron chi connectivity index (χ1n) is 5.45. The van der Waals surface area contributed by atoms with Crippen molar-refractivity contribution in [1.82, 2.24) is 9.78 Å². The van der Waals surface area contributed by atoms with E-state index in [4.69, 9.17) is 0 Å². The molecule has 0 aliphatic heterocycles. The van der Waals surface area contributed by atoms with Gasteiger partial charge >= 0.3 is 0 Å². The van der Waals surface area contributed by atoms with Crippen molar-refractivity contribution < 1.29 is 0 Å². The van der Waals surface area contributed by atoms with E-state index < -0.39 is 0 Å². The number of aromatic amines is 1. The normalized spacial score (nSPS) is 11.5. The third-order valence-electron chi connectivity index (χ3n) is 2.31. The Morgan fingerprint density at radius 2 is 1.88 bits per heavy atom. The van der Waals surface area contributed by atoms with Crippen LogP contribution in [0.3, 0.4) is 0 Å². The van der Waals surface area contributed by atoms with E-state index in [-0.39, 0.29) is 11.6 Å². The van der Waals surface area contributed by atoms with Crippen molar-refractivity contribution in [3.63, 3.8) is 0 Å². The molecule has 0 bridgehead atoms. The number of nitrogens with one attached hydrogen (secondary N) is 1. The van der Waals surface area contributed by atoms with Gasteiger partial charge in [-0.25, -0.2) is 0 Å². The van der Waals surface area contributed by atoms with Crippen LogP contribution in [0, 0.1) is 0 Å². The Kier molecular flexibility index (Phi) is 3.18. The molecule has 1 aromatic heterocycles. The summed E-state index contributed by atoms with van der Waals surface area (Å²) >= 11 is 0. The van der Waals surface area contributed by atoms with Gasteiger partial charge in [-0.3, -0.25) is 14.6 Å². The van der Waals surface area contributed by atoms with E-state index in [9.17, 15) is 4.79 Å². The summed E-state index contributed by atoms with van der Waals surface area (Å²) in [7, 11) is 0. The van der Waals surface area contributed by atoms with Crippen LogP contribution in [0.15, 0.2) is 51.6 Å². The lowest BCUT2D eigenvalue weighted by Gasteiger charge is -2.03. The number of H-pyrrole nitrogens is 1. The van der Waals surface area contributed by atoms with Crippen LogP contribution in [-0.4, -0.2) is 9.78 Å². The second kappa shape index (κ2) is 4.78. The summed E-state index contributed by atoms with van der Waals surface area (Å²) in [4.78, 5) is 11.5. The quantitative estimate of drug-likeness (QED) is 0.809. The van der Waals surface area contributed by atoms with Gasteiger partial charge in [0, 0.05) is 6.04 Å². The highest BCUT2D eigenvalue weighted by Gasteiger charge is 2.04. The molecule has 0 amide bonds.